The average Bonchev–Trinajstić information content (AvgIpc) is 2.43. The fourth-order valence-electron chi connectivity index (χ4n) is 3.04. The van der Waals surface area contributed by atoms with Crippen LogP contribution in [0.15, 0.2) is 18.2 Å². The number of nitro groups is 1. The van der Waals surface area contributed by atoms with E-state index in [0.29, 0.717) is 23.0 Å². The lowest BCUT2D eigenvalue weighted by Crippen LogP contribution is -2.43. The van der Waals surface area contributed by atoms with E-state index in [0.717, 1.165) is 12.8 Å². The van der Waals surface area contributed by atoms with Gasteiger partial charge in [-0.05, 0) is 37.3 Å². The molecule has 0 aromatic heterocycles. The number of benzene rings is 1. The lowest BCUT2D eigenvalue weighted by atomic mass is 9.78. The Labute approximate surface area is 124 Å². The van der Waals surface area contributed by atoms with Gasteiger partial charge < -0.3 is 5.32 Å². The van der Waals surface area contributed by atoms with Crippen molar-refractivity contribution in [1.29, 1.82) is 0 Å². The molecule has 3 atom stereocenters. The normalized spacial score (nSPS) is 25.4. The van der Waals surface area contributed by atoms with E-state index in [-0.39, 0.29) is 17.6 Å². The summed E-state index contributed by atoms with van der Waals surface area (Å²) in [5.41, 5.74) is 1.05. The Bertz CT molecular complexity index is 556. The minimum atomic E-state index is -0.429. The van der Waals surface area contributed by atoms with Crippen molar-refractivity contribution < 1.29 is 9.72 Å². The van der Waals surface area contributed by atoms with Crippen LogP contribution in [-0.2, 0) is 0 Å². The summed E-state index contributed by atoms with van der Waals surface area (Å²) in [5, 5.41) is 13.9. The molecule has 0 saturated heterocycles. The Kier molecular flexibility index (Phi) is 4.60. The van der Waals surface area contributed by atoms with Gasteiger partial charge in [0.15, 0.2) is 0 Å². The van der Waals surface area contributed by atoms with Crippen molar-refractivity contribution in [3.63, 3.8) is 0 Å². The van der Waals surface area contributed by atoms with Gasteiger partial charge in [0.2, 0.25) is 0 Å². The van der Waals surface area contributed by atoms with Crippen molar-refractivity contribution in [2.75, 3.05) is 0 Å². The van der Waals surface area contributed by atoms with Gasteiger partial charge in [-0.2, -0.15) is 0 Å². The van der Waals surface area contributed by atoms with Crippen molar-refractivity contribution in [3.8, 4) is 0 Å². The SMILES string of the molecule is Cc1cc(C(=O)N[C@H]2CCC[C@@H](C)[C@@H]2C)ccc1[N+](=O)[O-]. The summed E-state index contributed by atoms with van der Waals surface area (Å²) in [6.07, 6.45) is 3.35. The van der Waals surface area contributed by atoms with Crippen LogP contribution in [0.25, 0.3) is 0 Å². The van der Waals surface area contributed by atoms with Gasteiger partial charge in [-0.1, -0.05) is 26.7 Å². The van der Waals surface area contributed by atoms with Gasteiger partial charge in [-0.3, -0.25) is 14.9 Å². The van der Waals surface area contributed by atoms with E-state index in [2.05, 4.69) is 19.2 Å². The van der Waals surface area contributed by atoms with Gasteiger partial charge in [0.05, 0.1) is 4.92 Å². The summed E-state index contributed by atoms with van der Waals surface area (Å²) in [6.45, 7) is 6.05. The molecule has 0 unspecified atom stereocenters. The van der Waals surface area contributed by atoms with Crippen molar-refractivity contribution >= 4 is 11.6 Å². The van der Waals surface area contributed by atoms with Crippen molar-refractivity contribution in [2.24, 2.45) is 11.8 Å². The van der Waals surface area contributed by atoms with E-state index in [1.165, 1.54) is 18.6 Å². The van der Waals surface area contributed by atoms with Gasteiger partial charge >= 0.3 is 0 Å². The number of aryl methyl sites for hydroxylation is 1. The second kappa shape index (κ2) is 6.24. The molecule has 0 aliphatic heterocycles. The number of carbonyl (C=O) groups excluding carboxylic acids is 1. The summed E-state index contributed by atoms with van der Waals surface area (Å²) in [6, 6.07) is 4.70. The smallest absolute Gasteiger partial charge is 0.272 e. The molecule has 114 valence electrons. The predicted octanol–water partition coefficient (Wildman–Crippen LogP) is 3.46. The number of hydrogen-bond acceptors (Lipinski definition) is 3. The van der Waals surface area contributed by atoms with Crippen LogP contribution in [-0.4, -0.2) is 16.9 Å². The highest BCUT2D eigenvalue weighted by atomic mass is 16.6. The second-order valence-electron chi connectivity index (χ2n) is 6.11. The first-order valence-corrected chi connectivity index (χ1v) is 7.46. The van der Waals surface area contributed by atoms with Crippen molar-refractivity contribution in [3.05, 3.63) is 39.4 Å². The first-order chi connectivity index (χ1) is 9.90. The van der Waals surface area contributed by atoms with Gasteiger partial charge in [0.1, 0.15) is 0 Å². The summed E-state index contributed by atoms with van der Waals surface area (Å²) in [7, 11) is 0. The van der Waals surface area contributed by atoms with E-state index < -0.39 is 4.92 Å². The molecule has 1 saturated carbocycles. The molecular weight excluding hydrogens is 268 g/mol. The first kappa shape index (κ1) is 15.5. The third kappa shape index (κ3) is 3.40. The molecule has 1 amide bonds. The van der Waals surface area contributed by atoms with E-state index in [1.807, 2.05) is 0 Å². The maximum absolute atomic E-state index is 12.3. The highest BCUT2D eigenvalue weighted by Gasteiger charge is 2.28. The number of nitrogens with zero attached hydrogens (tertiary/aromatic N) is 1. The van der Waals surface area contributed by atoms with E-state index in [9.17, 15) is 14.9 Å². The van der Waals surface area contributed by atoms with Gasteiger partial charge in [0.25, 0.3) is 11.6 Å². The number of nitrogens with one attached hydrogen (secondary N) is 1. The summed E-state index contributed by atoms with van der Waals surface area (Å²) >= 11 is 0. The number of rotatable bonds is 3. The Balaban J connectivity index is 2.10. The topological polar surface area (TPSA) is 72.2 Å². The third-order valence-corrected chi connectivity index (χ3v) is 4.68. The maximum atomic E-state index is 12.3. The zero-order chi connectivity index (χ0) is 15.6. The van der Waals surface area contributed by atoms with Gasteiger partial charge in [0, 0.05) is 23.2 Å². The molecule has 1 N–H and O–H groups in total. The van der Waals surface area contributed by atoms with E-state index in [4.69, 9.17) is 0 Å². The highest BCUT2D eigenvalue weighted by molar-refractivity contribution is 5.94. The zero-order valence-electron chi connectivity index (χ0n) is 12.8. The lowest BCUT2D eigenvalue weighted by Gasteiger charge is -2.34. The Morgan fingerprint density at radius 2 is 2.05 bits per heavy atom. The molecule has 0 spiro atoms. The number of amides is 1. The molecule has 1 fully saturated rings. The molecule has 0 bridgehead atoms. The number of carbonyl (C=O) groups is 1. The number of nitro benzene ring substituents is 1. The van der Waals surface area contributed by atoms with Crippen LogP contribution in [0.4, 0.5) is 5.69 Å². The Morgan fingerprint density at radius 3 is 2.67 bits per heavy atom. The van der Waals surface area contributed by atoms with Crippen LogP contribution >= 0.6 is 0 Å². The van der Waals surface area contributed by atoms with Crippen LogP contribution in [0.5, 0.6) is 0 Å². The first-order valence-electron chi connectivity index (χ1n) is 7.46. The molecule has 2 rings (SSSR count). The summed E-state index contributed by atoms with van der Waals surface area (Å²) < 4.78 is 0. The molecule has 0 heterocycles. The van der Waals surface area contributed by atoms with Crippen LogP contribution in [0, 0.1) is 28.9 Å². The lowest BCUT2D eigenvalue weighted by molar-refractivity contribution is -0.385. The monoisotopic (exact) mass is 290 g/mol. The van der Waals surface area contributed by atoms with Gasteiger partial charge in [-0.15, -0.1) is 0 Å². The molecule has 5 heteroatoms. The molecule has 5 nitrogen and oxygen atoms in total. The molecule has 21 heavy (non-hydrogen) atoms. The predicted molar refractivity (Wildman–Crippen MR) is 81.3 cm³/mol. The molecule has 0 radical (unpaired) electrons. The molecule has 1 aromatic carbocycles. The van der Waals surface area contributed by atoms with Crippen molar-refractivity contribution in [2.45, 2.75) is 46.1 Å². The Morgan fingerprint density at radius 1 is 1.33 bits per heavy atom. The summed E-state index contributed by atoms with van der Waals surface area (Å²) in [4.78, 5) is 22.7. The molecule has 1 aliphatic rings. The Hall–Kier alpha value is -1.91. The van der Waals surface area contributed by atoms with Crippen LogP contribution < -0.4 is 5.32 Å². The standard InChI is InChI=1S/C16H22N2O3/c1-10-5-4-6-14(12(10)3)17-16(19)13-7-8-15(18(20)21)11(2)9-13/h7-10,12,14H,4-6H2,1-3H3,(H,17,19)/t10-,12+,14+/m1/s1. The zero-order valence-corrected chi connectivity index (χ0v) is 12.8. The van der Waals surface area contributed by atoms with Crippen LogP contribution in [0.3, 0.4) is 0 Å². The fourth-order valence-corrected chi connectivity index (χ4v) is 3.04. The molecule has 1 aromatic rings. The van der Waals surface area contributed by atoms with Crippen LogP contribution in [0.1, 0.15) is 49.0 Å². The summed E-state index contributed by atoms with van der Waals surface area (Å²) in [5.74, 6) is 0.934. The second-order valence-corrected chi connectivity index (χ2v) is 6.11. The molecule has 1 aliphatic carbocycles. The van der Waals surface area contributed by atoms with Crippen molar-refractivity contribution in [1.82, 2.24) is 5.32 Å². The fraction of sp³-hybridized carbons (Fsp3) is 0.562. The third-order valence-electron chi connectivity index (χ3n) is 4.68. The number of hydrogen-bond donors (Lipinski definition) is 1. The van der Waals surface area contributed by atoms with Gasteiger partial charge in [-0.25, -0.2) is 0 Å². The van der Waals surface area contributed by atoms with E-state index in [1.54, 1.807) is 13.0 Å². The average molecular weight is 290 g/mol. The molecular formula is C16H22N2O3. The largest absolute Gasteiger partial charge is 0.349 e. The minimum absolute atomic E-state index is 0.0474. The van der Waals surface area contributed by atoms with E-state index >= 15 is 0 Å². The van der Waals surface area contributed by atoms with Crippen LogP contribution in [0.2, 0.25) is 0 Å². The quantitative estimate of drug-likeness (QED) is 0.684. The maximum Gasteiger partial charge on any atom is 0.272 e. The highest BCUT2D eigenvalue weighted by Crippen LogP contribution is 2.29. The minimum Gasteiger partial charge on any atom is -0.349 e.